The molecule has 1 heteroatoms. The van der Waals surface area contributed by atoms with Crippen molar-refractivity contribution in [1.82, 2.24) is 5.32 Å². The largest absolute Gasteiger partial charge is 0.308 e. The lowest BCUT2D eigenvalue weighted by molar-refractivity contribution is 0.360. The number of hydrogen-bond donors (Lipinski definition) is 1. The zero-order chi connectivity index (χ0) is 15.3. The summed E-state index contributed by atoms with van der Waals surface area (Å²) in [4.78, 5) is 0. The third kappa shape index (κ3) is 4.71. The minimum atomic E-state index is 0.143. The maximum absolute atomic E-state index is 3.73. The van der Waals surface area contributed by atoms with E-state index in [4.69, 9.17) is 0 Å². The van der Waals surface area contributed by atoms with Gasteiger partial charge in [-0.25, -0.2) is 0 Å². The fraction of sp³-hybridized carbons (Fsp3) is 0.400. The van der Waals surface area contributed by atoms with Crippen LogP contribution in [0.4, 0.5) is 0 Å². The van der Waals surface area contributed by atoms with Crippen molar-refractivity contribution in [1.29, 1.82) is 0 Å². The summed E-state index contributed by atoms with van der Waals surface area (Å²) in [5, 5.41) is 3.73. The average Bonchev–Trinajstić information content (AvgIpc) is 2.46. The van der Waals surface area contributed by atoms with E-state index in [-0.39, 0.29) is 5.54 Å². The molecule has 0 atom stereocenters. The highest BCUT2D eigenvalue weighted by molar-refractivity contribution is 5.33. The zero-order valence-corrected chi connectivity index (χ0v) is 13.7. The van der Waals surface area contributed by atoms with Crippen LogP contribution in [0.1, 0.15) is 42.5 Å². The van der Waals surface area contributed by atoms with E-state index in [0.29, 0.717) is 0 Å². The molecule has 21 heavy (non-hydrogen) atoms. The lowest BCUT2D eigenvalue weighted by atomic mass is 9.94. The van der Waals surface area contributed by atoms with Crippen LogP contribution in [0.15, 0.2) is 48.5 Å². The molecule has 0 saturated carbocycles. The van der Waals surface area contributed by atoms with Crippen LogP contribution in [0.5, 0.6) is 0 Å². The van der Waals surface area contributed by atoms with E-state index >= 15 is 0 Å². The van der Waals surface area contributed by atoms with Gasteiger partial charge in [-0.2, -0.15) is 0 Å². The molecule has 112 valence electrons. The van der Waals surface area contributed by atoms with Gasteiger partial charge in [0, 0.05) is 12.1 Å². The summed E-state index contributed by atoms with van der Waals surface area (Å²) in [6, 6.07) is 17.3. The second kappa shape index (κ2) is 6.91. The normalized spacial score (nSPS) is 11.6. The van der Waals surface area contributed by atoms with E-state index < -0.39 is 0 Å². The standard InChI is InChI=1S/C20H27N/c1-16-9-8-10-17(2)19(16)15-21-20(3,4)14-13-18-11-6-5-7-12-18/h5-12,21H,13-15H2,1-4H3. The van der Waals surface area contributed by atoms with Crippen LogP contribution in [0, 0.1) is 13.8 Å². The molecular weight excluding hydrogens is 254 g/mol. The van der Waals surface area contributed by atoms with E-state index in [1.165, 1.54) is 22.3 Å². The van der Waals surface area contributed by atoms with Crippen molar-refractivity contribution >= 4 is 0 Å². The van der Waals surface area contributed by atoms with Crippen LogP contribution >= 0.6 is 0 Å². The lowest BCUT2D eigenvalue weighted by Crippen LogP contribution is -2.39. The summed E-state index contributed by atoms with van der Waals surface area (Å²) in [5.41, 5.74) is 5.75. The van der Waals surface area contributed by atoms with Gasteiger partial charge in [0.25, 0.3) is 0 Å². The van der Waals surface area contributed by atoms with Gasteiger partial charge in [0.15, 0.2) is 0 Å². The van der Waals surface area contributed by atoms with Gasteiger partial charge in [-0.1, -0.05) is 48.5 Å². The minimum absolute atomic E-state index is 0.143. The summed E-state index contributed by atoms with van der Waals surface area (Å²) in [7, 11) is 0. The summed E-state index contributed by atoms with van der Waals surface area (Å²) in [6.07, 6.45) is 2.26. The molecule has 0 unspecified atom stereocenters. The molecule has 0 aliphatic heterocycles. The molecule has 2 rings (SSSR count). The van der Waals surface area contributed by atoms with Gasteiger partial charge >= 0.3 is 0 Å². The molecule has 0 aliphatic rings. The molecule has 0 bridgehead atoms. The lowest BCUT2D eigenvalue weighted by Gasteiger charge is -2.27. The van der Waals surface area contributed by atoms with E-state index in [9.17, 15) is 0 Å². The van der Waals surface area contributed by atoms with Gasteiger partial charge in [-0.3, -0.25) is 0 Å². The monoisotopic (exact) mass is 281 g/mol. The Morgan fingerprint density at radius 2 is 1.48 bits per heavy atom. The van der Waals surface area contributed by atoms with Gasteiger partial charge in [0.05, 0.1) is 0 Å². The first-order valence-corrected chi connectivity index (χ1v) is 7.82. The number of aryl methyl sites for hydroxylation is 3. The van der Waals surface area contributed by atoms with E-state index in [2.05, 4.69) is 81.5 Å². The second-order valence-corrected chi connectivity index (χ2v) is 6.59. The molecule has 1 N–H and O–H groups in total. The predicted octanol–water partition coefficient (Wildman–Crippen LogP) is 4.80. The number of nitrogens with one attached hydrogen (secondary N) is 1. The van der Waals surface area contributed by atoms with Crippen molar-refractivity contribution in [2.45, 2.75) is 52.6 Å². The third-order valence-electron chi connectivity index (χ3n) is 4.27. The molecule has 0 radical (unpaired) electrons. The van der Waals surface area contributed by atoms with Gasteiger partial charge in [-0.15, -0.1) is 0 Å². The summed E-state index contributed by atoms with van der Waals surface area (Å²) in [5.74, 6) is 0. The number of benzene rings is 2. The molecule has 0 saturated heterocycles. The maximum Gasteiger partial charge on any atom is 0.0215 e. The van der Waals surface area contributed by atoms with E-state index in [1.54, 1.807) is 0 Å². The van der Waals surface area contributed by atoms with E-state index in [1.807, 2.05) is 0 Å². The van der Waals surface area contributed by atoms with Crippen LogP contribution < -0.4 is 5.32 Å². The molecule has 0 aromatic heterocycles. The number of rotatable bonds is 6. The van der Waals surface area contributed by atoms with Gasteiger partial charge in [0.1, 0.15) is 0 Å². The molecule has 0 heterocycles. The van der Waals surface area contributed by atoms with Crippen molar-refractivity contribution in [3.05, 3.63) is 70.8 Å². The Bertz CT molecular complexity index is 549. The fourth-order valence-electron chi connectivity index (χ4n) is 2.65. The second-order valence-electron chi connectivity index (χ2n) is 6.59. The fourth-order valence-corrected chi connectivity index (χ4v) is 2.65. The Balaban J connectivity index is 1.92. The highest BCUT2D eigenvalue weighted by Crippen LogP contribution is 2.17. The first-order chi connectivity index (χ1) is 9.98. The Labute approximate surface area is 129 Å². The minimum Gasteiger partial charge on any atom is -0.308 e. The number of hydrogen-bond acceptors (Lipinski definition) is 1. The highest BCUT2D eigenvalue weighted by Gasteiger charge is 2.17. The molecule has 2 aromatic rings. The Morgan fingerprint density at radius 3 is 2.10 bits per heavy atom. The van der Waals surface area contributed by atoms with Crippen molar-refractivity contribution < 1.29 is 0 Å². The molecule has 1 nitrogen and oxygen atoms in total. The first-order valence-electron chi connectivity index (χ1n) is 7.82. The van der Waals surface area contributed by atoms with Crippen molar-refractivity contribution in [2.24, 2.45) is 0 Å². The zero-order valence-electron chi connectivity index (χ0n) is 13.7. The Kier molecular flexibility index (Phi) is 5.19. The predicted molar refractivity (Wildman–Crippen MR) is 91.6 cm³/mol. The van der Waals surface area contributed by atoms with Crippen LogP contribution in [-0.4, -0.2) is 5.54 Å². The van der Waals surface area contributed by atoms with Gasteiger partial charge in [-0.05, 0) is 62.8 Å². The van der Waals surface area contributed by atoms with Gasteiger partial charge < -0.3 is 5.32 Å². The first kappa shape index (κ1) is 15.8. The molecule has 2 aromatic carbocycles. The molecule has 0 amide bonds. The third-order valence-corrected chi connectivity index (χ3v) is 4.27. The maximum atomic E-state index is 3.73. The van der Waals surface area contributed by atoms with Crippen molar-refractivity contribution in [3.63, 3.8) is 0 Å². The SMILES string of the molecule is Cc1cccc(C)c1CNC(C)(C)CCc1ccccc1. The highest BCUT2D eigenvalue weighted by atomic mass is 14.9. The van der Waals surface area contributed by atoms with Crippen LogP contribution in [-0.2, 0) is 13.0 Å². The topological polar surface area (TPSA) is 12.0 Å². The summed E-state index contributed by atoms with van der Waals surface area (Å²) < 4.78 is 0. The molecule has 0 fully saturated rings. The average molecular weight is 281 g/mol. The summed E-state index contributed by atoms with van der Waals surface area (Å²) in [6.45, 7) is 9.93. The van der Waals surface area contributed by atoms with Crippen molar-refractivity contribution in [3.8, 4) is 0 Å². The van der Waals surface area contributed by atoms with Crippen LogP contribution in [0.25, 0.3) is 0 Å². The van der Waals surface area contributed by atoms with Gasteiger partial charge in [0.2, 0.25) is 0 Å². The summed E-state index contributed by atoms with van der Waals surface area (Å²) >= 11 is 0. The van der Waals surface area contributed by atoms with Crippen LogP contribution in [0.2, 0.25) is 0 Å². The van der Waals surface area contributed by atoms with E-state index in [0.717, 1.165) is 19.4 Å². The van der Waals surface area contributed by atoms with Crippen LogP contribution in [0.3, 0.4) is 0 Å². The Hall–Kier alpha value is -1.60. The Morgan fingerprint density at radius 1 is 0.857 bits per heavy atom. The molecular formula is C20H27N. The van der Waals surface area contributed by atoms with Crippen molar-refractivity contribution in [2.75, 3.05) is 0 Å². The molecule has 0 aliphatic carbocycles. The smallest absolute Gasteiger partial charge is 0.0215 e. The molecule has 0 spiro atoms. The quantitative estimate of drug-likeness (QED) is 0.801.